The van der Waals surface area contributed by atoms with Crippen LogP contribution in [-0.4, -0.2) is 77.8 Å². The maximum Gasteiger partial charge on any atom is 0.245 e. The van der Waals surface area contributed by atoms with Gasteiger partial charge < -0.3 is 20.1 Å². The van der Waals surface area contributed by atoms with Crippen molar-refractivity contribution in [2.75, 3.05) is 19.6 Å². The number of aromatic nitrogens is 2. The zero-order valence-corrected chi connectivity index (χ0v) is 22.6. The molecule has 2 saturated heterocycles. The molecule has 3 aromatic rings. The SMILES string of the molecule is C[C@@H](C(=O)N1CCCC(NCc2ncc[nH]2)C1)N1CC[C@H](NS(=O)(=O)c2ccc3cc(Cl)ccc3c2)C1=O. The highest BCUT2D eigenvalue weighted by molar-refractivity contribution is 7.89. The van der Waals surface area contributed by atoms with Gasteiger partial charge in [0.15, 0.2) is 0 Å². The van der Waals surface area contributed by atoms with Crippen molar-refractivity contribution in [3.05, 3.63) is 59.6 Å². The number of rotatable bonds is 8. The Morgan fingerprint density at radius 1 is 1.18 bits per heavy atom. The Morgan fingerprint density at radius 2 is 1.97 bits per heavy atom. The van der Waals surface area contributed by atoms with E-state index >= 15 is 0 Å². The minimum Gasteiger partial charge on any atom is -0.348 e. The fourth-order valence-corrected chi connectivity index (χ4v) is 6.63. The van der Waals surface area contributed by atoms with Gasteiger partial charge in [-0.25, -0.2) is 13.4 Å². The summed E-state index contributed by atoms with van der Waals surface area (Å²) in [5.74, 6) is 0.331. The quantitative estimate of drug-likeness (QED) is 0.389. The number of benzene rings is 2. The number of nitrogens with one attached hydrogen (secondary N) is 3. The Hall–Kier alpha value is -2.99. The lowest BCUT2D eigenvalue weighted by Gasteiger charge is -2.36. The highest BCUT2D eigenvalue weighted by Crippen LogP contribution is 2.24. The number of carbonyl (C=O) groups excluding carboxylic acids is 2. The molecule has 0 bridgehead atoms. The second-order valence-electron chi connectivity index (χ2n) is 9.86. The summed E-state index contributed by atoms with van der Waals surface area (Å²) >= 11 is 6.02. The van der Waals surface area contributed by atoms with Gasteiger partial charge in [0, 0.05) is 43.1 Å². The summed E-state index contributed by atoms with van der Waals surface area (Å²) in [6, 6.07) is 8.50. The number of fused-ring (bicyclic) bond motifs is 1. The Labute approximate surface area is 226 Å². The average molecular weight is 559 g/mol. The summed E-state index contributed by atoms with van der Waals surface area (Å²) in [4.78, 5) is 37.1. The monoisotopic (exact) mass is 558 g/mol. The molecule has 3 atom stereocenters. The number of halogens is 1. The molecule has 202 valence electrons. The first-order chi connectivity index (χ1) is 18.2. The lowest BCUT2D eigenvalue weighted by atomic mass is 10.0. The van der Waals surface area contributed by atoms with E-state index in [1.165, 1.54) is 11.0 Å². The van der Waals surface area contributed by atoms with E-state index in [2.05, 4.69) is 20.0 Å². The first-order valence-corrected chi connectivity index (χ1v) is 14.6. The molecule has 2 aromatic carbocycles. The molecular weight excluding hydrogens is 528 g/mol. The summed E-state index contributed by atoms with van der Waals surface area (Å²) in [5, 5.41) is 5.56. The summed E-state index contributed by atoms with van der Waals surface area (Å²) < 4.78 is 28.7. The van der Waals surface area contributed by atoms with Crippen LogP contribution in [0.1, 0.15) is 32.0 Å². The molecule has 1 aromatic heterocycles. The van der Waals surface area contributed by atoms with Crippen LogP contribution in [0, 0.1) is 0 Å². The van der Waals surface area contributed by atoms with Gasteiger partial charge in [-0.3, -0.25) is 9.59 Å². The molecule has 3 heterocycles. The second kappa shape index (κ2) is 11.0. The third kappa shape index (κ3) is 5.70. The predicted octanol–water partition coefficient (Wildman–Crippen LogP) is 2.26. The van der Waals surface area contributed by atoms with Crippen LogP contribution in [-0.2, 0) is 26.2 Å². The van der Waals surface area contributed by atoms with Crippen LogP contribution in [0.3, 0.4) is 0 Å². The van der Waals surface area contributed by atoms with Crippen LogP contribution >= 0.6 is 11.6 Å². The van der Waals surface area contributed by atoms with Crippen molar-refractivity contribution < 1.29 is 18.0 Å². The van der Waals surface area contributed by atoms with Gasteiger partial charge in [-0.1, -0.05) is 23.7 Å². The number of aromatic amines is 1. The van der Waals surface area contributed by atoms with E-state index in [-0.39, 0.29) is 22.8 Å². The molecule has 0 aliphatic carbocycles. The van der Waals surface area contributed by atoms with Gasteiger partial charge in [0.2, 0.25) is 21.8 Å². The largest absolute Gasteiger partial charge is 0.348 e. The summed E-state index contributed by atoms with van der Waals surface area (Å²) in [6.07, 6.45) is 5.59. The number of hydrogen-bond donors (Lipinski definition) is 3. The molecule has 2 fully saturated rings. The molecule has 0 spiro atoms. The van der Waals surface area contributed by atoms with Gasteiger partial charge in [-0.2, -0.15) is 4.72 Å². The van der Waals surface area contributed by atoms with E-state index in [0.717, 1.165) is 29.4 Å². The number of imidazole rings is 1. The zero-order valence-electron chi connectivity index (χ0n) is 21.1. The Balaban J connectivity index is 1.20. The fraction of sp³-hybridized carbons (Fsp3) is 0.423. The second-order valence-corrected chi connectivity index (χ2v) is 12.0. The van der Waals surface area contributed by atoms with Crippen molar-refractivity contribution in [2.24, 2.45) is 0 Å². The van der Waals surface area contributed by atoms with E-state index in [0.29, 0.717) is 37.6 Å². The highest BCUT2D eigenvalue weighted by atomic mass is 35.5. The van der Waals surface area contributed by atoms with E-state index in [1.807, 2.05) is 0 Å². The lowest BCUT2D eigenvalue weighted by molar-refractivity contribution is -0.144. The van der Waals surface area contributed by atoms with E-state index in [9.17, 15) is 18.0 Å². The minimum atomic E-state index is -3.94. The Bertz CT molecular complexity index is 1430. The maximum absolute atomic E-state index is 13.3. The van der Waals surface area contributed by atoms with E-state index in [1.54, 1.807) is 54.5 Å². The van der Waals surface area contributed by atoms with Crippen molar-refractivity contribution in [2.45, 2.75) is 55.8 Å². The van der Waals surface area contributed by atoms with Crippen LogP contribution in [0.2, 0.25) is 5.02 Å². The Kier molecular flexibility index (Phi) is 7.71. The first kappa shape index (κ1) is 26.6. The summed E-state index contributed by atoms with van der Waals surface area (Å²) in [7, 11) is -3.94. The highest BCUT2D eigenvalue weighted by Gasteiger charge is 2.40. The molecule has 3 N–H and O–H groups in total. The molecular formula is C26H31ClN6O4S. The summed E-state index contributed by atoms with van der Waals surface area (Å²) in [6.45, 7) is 3.80. The zero-order chi connectivity index (χ0) is 26.9. The lowest BCUT2D eigenvalue weighted by Crippen LogP contribution is -2.54. The van der Waals surface area contributed by atoms with Gasteiger partial charge in [0.1, 0.15) is 17.9 Å². The van der Waals surface area contributed by atoms with Crippen molar-refractivity contribution in [1.29, 1.82) is 0 Å². The standard InChI is InChI=1S/C26H31ClN6O4S/c1-17(25(34)32-11-2-3-21(16-32)30-15-24-28-9-10-29-24)33-12-8-23(26(33)35)31-38(36,37)22-7-5-18-13-20(27)6-4-19(18)14-22/h4-7,9-10,13-14,17,21,23,30-31H,2-3,8,11-12,15-16H2,1H3,(H,28,29)/t17-,21?,23-/m0/s1. The number of likely N-dealkylation sites (tertiary alicyclic amines) is 2. The van der Waals surface area contributed by atoms with Gasteiger partial charge in [-0.15, -0.1) is 0 Å². The molecule has 2 aliphatic rings. The number of amides is 2. The number of piperidine rings is 1. The van der Waals surface area contributed by atoms with Crippen molar-refractivity contribution >= 4 is 44.2 Å². The molecule has 38 heavy (non-hydrogen) atoms. The molecule has 0 saturated carbocycles. The topological polar surface area (TPSA) is 128 Å². The van der Waals surface area contributed by atoms with Crippen LogP contribution in [0.15, 0.2) is 53.7 Å². The number of H-pyrrole nitrogens is 1. The van der Waals surface area contributed by atoms with E-state index in [4.69, 9.17) is 11.6 Å². The van der Waals surface area contributed by atoms with Crippen LogP contribution in [0.5, 0.6) is 0 Å². The summed E-state index contributed by atoms with van der Waals surface area (Å²) in [5.41, 5.74) is 0. The van der Waals surface area contributed by atoms with Gasteiger partial charge >= 0.3 is 0 Å². The third-order valence-corrected chi connectivity index (χ3v) is 9.00. The smallest absolute Gasteiger partial charge is 0.245 e. The fourth-order valence-electron chi connectivity index (χ4n) is 5.19. The van der Waals surface area contributed by atoms with Gasteiger partial charge in [-0.05, 0) is 61.2 Å². The normalized spacial score (nSPS) is 21.3. The molecule has 0 radical (unpaired) electrons. The third-order valence-electron chi connectivity index (χ3n) is 7.29. The van der Waals surface area contributed by atoms with Crippen molar-refractivity contribution in [3.63, 3.8) is 0 Å². The van der Waals surface area contributed by atoms with Gasteiger partial charge in [0.25, 0.3) is 0 Å². The number of hydrogen-bond acceptors (Lipinski definition) is 6. The number of carbonyl (C=O) groups is 2. The van der Waals surface area contributed by atoms with Crippen molar-refractivity contribution in [1.82, 2.24) is 29.8 Å². The predicted molar refractivity (Wildman–Crippen MR) is 144 cm³/mol. The van der Waals surface area contributed by atoms with Crippen LogP contribution < -0.4 is 10.0 Å². The first-order valence-electron chi connectivity index (χ1n) is 12.7. The van der Waals surface area contributed by atoms with E-state index < -0.39 is 22.1 Å². The number of sulfonamides is 1. The average Bonchev–Trinajstić information content (AvgIpc) is 3.56. The molecule has 5 rings (SSSR count). The van der Waals surface area contributed by atoms with Crippen molar-refractivity contribution in [3.8, 4) is 0 Å². The molecule has 2 aliphatic heterocycles. The molecule has 10 nitrogen and oxygen atoms in total. The molecule has 12 heteroatoms. The van der Waals surface area contributed by atoms with Gasteiger partial charge in [0.05, 0.1) is 11.4 Å². The maximum atomic E-state index is 13.3. The van der Waals surface area contributed by atoms with Crippen LogP contribution in [0.25, 0.3) is 10.8 Å². The number of nitrogens with zero attached hydrogens (tertiary/aromatic N) is 3. The van der Waals surface area contributed by atoms with Crippen LogP contribution in [0.4, 0.5) is 0 Å². The Morgan fingerprint density at radius 3 is 2.76 bits per heavy atom. The molecule has 1 unspecified atom stereocenters. The minimum absolute atomic E-state index is 0.0732. The molecule has 2 amide bonds.